The van der Waals surface area contributed by atoms with E-state index in [0.29, 0.717) is 6.10 Å². The van der Waals surface area contributed by atoms with E-state index in [-0.39, 0.29) is 17.5 Å². The smallest absolute Gasteiger partial charge is 0.309 e. The van der Waals surface area contributed by atoms with E-state index < -0.39 is 5.60 Å². The van der Waals surface area contributed by atoms with Gasteiger partial charge in [0.2, 0.25) is 0 Å². The first-order valence-corrected chi connectivity index (χ1v) is 7.93. The van der Waals surface area contributed by atoms with Crippen molar-refractivity contribution in [2.45, 2.75) is 89.9 Å². The molecule has 0 aromatic carbocycles. The first-order chi connectivity index (χ1) is 9.02. The van der Waals surface area contributed by atoms with Gasteiger partial charge >= 0.3 is 5.97 Å². The van der Waals surface area contributed by atoms with Crippen LogP contribution in [0.25, 0.3) is 0 Å². The summed E-state index contributed by atoms with van der Waals surface area (Å²) >= 11 is 0. The second-order valence-corrected chi connectivity index (χ2v) is 6.24. The third kappa shape index (κ3) is 2.31. The first kappa shape index (κ1) is 14.8. The molecule has 1 atom stereocenters. The van der Waals surface area contributed by atoms with Gasteiger partial charge in [0, 0.05) is 0 Å². The minimum Gasteiger partial charge on any atom is -0.456 e. The van der Waals surface area contributed by atoms with Crippen LogP contribution in [0.2, 0.25) is 0 Å². The maximum atomic E-state index is 12.3. The maximum Gasteiger partial charge on any atom is 0.309 e. The lowest BCUT2D eigenvalue weighted by Gasteiger charge is -2.45. The summed E-state index contributed by atoms with van der Waals surface area (Å²) in [6.45, 7) is 8.22. The summed E-state index contributed by atoms with van der Waals surface area (Å²) in [7, 11) is 0. The highest BCUT2D eigenvalue weighted by Gasteiger charge is 2.60. The zero-order valence-corrected chi connectivity index (χ0v) is 12.8. The summed E-state index contributed by atoms with van der Waals surface area (Å²) in [6, 6.07) is 0. The molecule has 0 spiro atoms. The van der Waals surface area contributed by atoms with E-state index in [2.05, 4.69) is 13.8 Å². The van der Waals surface area contributed by atoms with E-state index in [4.69, 9.17) is 9.47 Å². The molecular weight excluding hydrogens is 240 g/mol. The number of carbonyl (C=O) groups is 1. The van der Waals surface area contributed by atoms with Gasteiger partial charge in [-0.25, -0.2) is 0 Å². The van der Waals surface area contributed by atoms with Gasteiger partial charge in [0.25, 0.3) is 0 Å². The third-order valence-electron chi connectivity index (χ3n) is 5.42. The van der Waals surface area contributed by atoms with Gasteiger partial charge in [-0.3, -0.25) is 4.79 Å². The average molecular weight is 268 g/mol. The van der Waals surface area contributed by atoms with Crippen molar-refractivity contribution >= 4 is 5.97 Å². The summed E-state index contributed by atoms with van der Waals surface area (Å²) in [5, 5.41) is 0. The second kappa shape index (κ2) is 5.43. The molecule has 2 aliphatic heterocycles. The van der Waals surface area contributed by atoms with Gasteiger partial charge < -0.3 is 9.47 Å². The molecule has 0 aromatic rings. The van der Waals surface area contributed by atoms with Crippen LogP contribution < -0.4 is 0 Å². The Labute approximate surface area is 117 Å². The summed E-state index contributed by atoms with van der Waals surface area (Å²) in [5.74, 6) is -0.0768. The molecule has 1 unspecified atom stereocenters. The van der Waals surface area contributed by atoms with Gasteiger partial charge in [-0.15, -0.1) is 0 Å². The van der Waals surface area contributed by atoms with Gasteiger partial charge in [0.1, 0.15) is 11.2 Å². The summed E-state index contributed by atoms with van der Waals surface area (Å²) in [5.41, 5.74) is -0.622. The van der Waals surface area contributed by atoms with E-state index >= 15 is 0 Å². The molecule has 0 aliphatic carbocycles. The first-order valence-electron chi connectivity index (χ1n) is 7.93. The Hall–Kier alpha value is -0.570. The predicted octanol–water partition coefficient (Wildman–Crippen LogP) is 3.85. The van der Waals surface area contributed by atoms with Crippen molar-refractivity contribution in [2.24, 2.45) is 5.92 Å². The largest absolute Gasteiger partial charge is 0.456 e. The fraction of sp³-hybridized carbons (Fsp3) is 0.938. The normalized spacial score (nSPS) is 31.5. The van der Waals surface area contributed by atoms with Gasteiger partial charge in [-0.2, -0.15) is 0 Å². The molecule has 2 rings (SSSR count). The lowest BCUT2D eigenvalue weighted by atomic mass is 9.72. The highest BCUT2D eigenvalue weighted by Crippen LogP contribution is 2.53. The Balaban J connectivity index is 2.20. The minimum absolute atomic E-state index is 0.0209. The van der Waals surface area contributed by atoms with Gasteiger partial charge in [-0.05, 0) is 44.9 Å². The van der Waals surface area contributed by atoms with Crippen molar-refractivity contribution in [1.82, 2.24) is 0 Å². The van der Waals surface area contributed by atoms with Crippen LogP contribution in [0, 0.1) is 5.92 Å². The second-order valence-electron chi connectivity index (χ2n) is 6.24. The SMILES string of the molecule is CCC(C)C(=O)OC(CC)(CC)C12CCC(CC1)O2. The Kier molecular flexibility index (Phi) is 4.24. The minimum atomic E-state index is -0.418. The Morgan fingerprint density at radius 1 is 1.32 bits per heavy atom. The number of hydrogen-bond acceptors (Lipinski definition) is 3. The molecule has 110 valence electrons. The van der Waals surface area contributed by atoms with Crippen LogP contribution in [-0.2, 0) is 14.3 Å². The number of carbonyl (C=O) groups excluding carboxylic acids is 1. The van der Waals surface area contributed by atoms with Crippen molar-refractivity contribution in [2.75, 3.05) is 0 Å². The maximum absolute atomic E-state index is 12.3. The Morgan fingerprint density at radius 3 is 2.26 bits per heavy atom. The summed E-state index contributed by atoms with van der Waals surface area (Å²) in [6.07, 6.45) is 7.28. The molecule has 0 amide bonds. The van der Waals surface area contributed by atoms with Crippen molar-refractivity contribution in [3.8, 4) is 0 Å². The van der Waals surface area contributed by atoms with Crippen LogP contribution in [0.1, 0.15) is 72.6 Å². The van der Waals surface area contributed by atoms with Crippen molar-refractivity contribution in [1.29, 1.82) is 0 Å². The zero-order valence-electron chi connectivity index (χ0n) is 12.8. The van der Waals surface area contributed by atoms with Gasteiger partial charge in [0.05, 0.1) is 12.0 Å². The fourth-order valence-corrected chi connectivity index (χ4v) is 3.77. The van der Waals surface area contributed by atoms with E-state index in [1.165, 1.54) is 0 Å². The number of ether oxygens (including phenoxy) is 2. The Bertz CT molecular complexity index is 325. The molecule has 0 aromatic heterocycles. The van der Waals surface area contributed by atoms with Crippen molar-refractivity contribution in [3.05, 3.63) is 0 Å². The molecular formula is C16H28O3. The number of hydrogen-bond donors (Lipinski definition) is 0. The van der Waals surface area contributed by atoms with E-state index in [9.17, 15) is 4.79 Å². The average Bonchev–Trinajstić information content (AvgIpc) is 3.05. The zero-order chi connectivity index (χ0) is 14.1. The predicted molar refractivity (Wildman–Crippen MR) is 74.9 cm³/mol. The molecule has 19 heavy (non-hydrogen) atoms. The molecule has 0 radical (unpaired) electrons. The lowest BCUT2D eigenvalue weighted by molar-refractivity contribution is -0.202. The van der Waals surface area contributed by atoms with Crippen LogP contribution in [0.3, 0.4) is 0 Å². The van der Waals surface area contributed by atoms with Crippen LogP contribution in [0.4, 0.5) is 0 Å². The molecule has 3 nitrogen and oxygen atoms in total. The number of fused-ring (bicyclic) bond motifs is 2. The topological polar surface area (TPSA) is 35.5 Å². The summed E-state index contributed by atoms with van der Waals surface area (Å²) in [4.78, 5) is 12.3. The molecule has 0 N–H and O–H groups in total. The summed E-state index contributed by atoms with van der Waals surface area (Å²) < 4.78 is 12.3. The standard InChI is InChI=1S/C16H28O3/c1-5-12(4)14(17)19-15(6-2,7-3)16-10-8-13(18-16)9-11-16/h12-13H,5-11H2,1-4H3. The lowest BCUT2D eigenvalue weighted by Crippen LogP contribution is -2.55. The molecule has 3 heteroatoms. The van der Waals surface area contributed by atoms with E-state index in [0.717, 1.165) is 44.9 Å². The highest BCUT2D eigenvalue weighted by atomic mass is 16.6. The van der Waals surface area contributed by atoms with Crippen molar-refractivity contribution in [3.63, 3.8) is 0 Å². The monoisotopic (exact) mass is 268 g/mol. The molecule has 0 saturated carbocycles. The number of esters is 1. The molecule has 2 fully saturated rings. The van der Waals surface area contributed by atoms with Crippen molar-refractivity contribution < 1.29 is 14.3 Å². The van der Waals surface area contributed by atoms with Crippen LogP contribution in [0.5, 0.6) is 0 Å². The van der Waals surface area contributed by atoms with Crippen LogP contribution in [0.15, 0.2) is 0 Å². The van der Waals surface area contributed by atoms with Crippen LogP contribution in [-0.4, -0.2) is 23.3 Å². The quantitative estimate of drug-likeness (QED) is 0.686. The molecule has 2 saturated heterocycles. The van der Waals surface area contributed by atoms with E-state index in [1.54, 1.807) is 0 Å². The number of rotatable bonds is 6. The van der Waals surface area contributed by atoms with Gasteiger partial charge in [-0.1, -0.05) is 27.7 Å². The third-order valence-corrected chi connectivity index (χ3v) is 5.42. The molecule has 2 heterocycles. The molecule has 2 bridgehead atoms. The van der Waals surface area contributed by atoms with Crippen LogP contribution >= 0.6 is 0 Å². The van der Waals surface area contributed by atoms with Gasteiger partial charge in [0.15, 0.2) is 0 Å². The van der Waals surface area contributed by atoms with E-state index in [1.807, 2.05) is 13.8 Å². The molecule has 2 aliphatic rings. The Morgan fingerprint density at radius 2 is 1.89 bits per heavy atom. The highest BCUT2D eigenvalue weighted by molar-refractivity contribution is 5.72. The fourth-order valence-electron chi connectivity index (χ4n) is 3.77.